The first kappa shape index (κ1) is 38.1. The Morgan fingerprint density at radius 2 is 1.53 bits per heavy atom. The number of fused-ring (bicyclic) bond motifs is 1. The molecule has 0 radical (unpaired) electrons. The van der Waals surface area contributed by atoms with E-state index in [9.17, 15) is 26.7 Å². The van der Waals surface area contributed by atoms with E-state index in [-0.39, 0.29) is 13.1 Å². The smallest absolute Gasteiger partial charge is 0.410 e. The molecule has 4 nitrogen and oxygen atoms in total. The summed E-state index contributed by atoms with van der Waals surface area (Å²) in [7, 11) is 0. The summed E-state index contributed by atoms with van der Waals surface area (Å²) in [6.45, 7) is 16.4. The summed E-state index contributed by atoms with van der Waals surface area (Å²) in [5.74, 6) is -6.01. The average Bonchev–Trinajstić information content (AvgIpc) is 3.21. The number of amides is 1. The Bertz CT molecular complexity index is 1350. The fraction of sp³-hybridized carbons (Fsp3) is 0.583. The third-order valence-corrected chi connectivity index (χ3v) is 7.43. The quantitative estimate of drug-likeness (QED) is 0.250. The maximum Gasteiger partial charge on any atom is 0.410 e. The van der Waals surface area contributed by atoms with Gasteiger partial charge in [-0.1, -0.05) is 52.3 Å². The van der Waals surface area contributed by atoms with Crippen molar-refractivity contribution in [1.29, 1.82) is 0 Å². The molecule has 1 amide bonds. The van der Waals surface area contributed by atoms with Gasteiger partial charge in [-0.2, -0.15) is 0 Å². The van der Waals surface area contributed by atoms with Crippen molar-refractivity contribution in [3.8, 4) is 0 Å². The van der Waals surface area contributed by atoms with Crippen molar-refractivity contribution < 1.29 is 31.5 Å². The lowest BCUT2D eigenvalue weighted by Gasteiger charge is -2.43. The minimum atomic E-state index is -3.42. The average molecular weight is 639 g/mol. The number of aryl methyl sites for hydroxylation is 1. The molecule has 1 aromatic heterocycles. The van der Waals surface area contributed by atoms with Crippen molar-refractivity contribution in [2.24, 2.45) is 11.8 Å². The lowest BCUT2D eigenvalue weighted by Crippen LogP contribution is -2.56. The van der Waals surface area contributed by atoms with Crippen molar-refractivity contribution in [1.82, 2.24) is 9.88 Å². The molecule has 0 atom stereocenters. The van der Waals surface area contributed by atoms with Crippen LogP contribution in [0.25, 0.3) is 10.9 Å². The molecule has 45 heavy (non-hydrogen) atoms. The van der Waals surface area contributed by atoms with E-state index in [1.54, 1.807) is 40.2 Å². The molecule has 1 aliphatic rings. The molecule has 1 fully saturated rings. The number of halogens is 5. The highest BCUT2D eigenvalue weighted by Gasteiger charge is 2.50. The lowest BCUT2D eigenvalue weighted by molar-refractivity contribution is -0.122. The Kier molecular flexibility index (Phi) is 13.5. The van der Waals surface area contributed by atoms with Crippen LogP contribution >= 0.6 is 0 Å². The van der Waals surface area contributed by atoms with E-state index >= 15 is 0 Å². The van der Waals surface area contributed by atoms with Crippen LogP contribution < -0.4 is 0 Å². The fourth-order valence-corrected chi connectivity index (χ4v) is 4.63. The monoisotopic (exact) mass is 638 g/mol. The molecule has 252 valence electrons. The van der Waals surface area contributed by atoms with E-state index in [1.165, 1.54) is 42.3 Å². The Morgan fingerprint density at radius 1 is 0.978 bits per heavy atom. The van der Waals surface area contributed by atoms with Gasteiger partial charge in [0.25, 0.3) is 5.92 Å². The molecular formula is C36H51F5N2O2. The molecule has 4 rings (SSSR count). The Morgan fingerprint density at radius 3 is 2.02 bits per heavy atom. The number of H-pyrrole nitrogens is 1. The zero-order chi connectivity index (χ0) is 34.2. The van der Waals surface area contributed by atoms with Gasteiger partial charge in [-0.15, -0.1) is 0 Å². The number of carbonyl (C=O) groups is 1. The van der Waals surface area contributed by atoms with Crippen LogP contribution in [0.15, 0.2) is 42.5 Å². The van der Waals surface area contributed by atoms with Crippen molar-refractivity contribution in [2.45, 2.75) is 112 Å². The van der Waals surface area contributed by atoms with Crippen LogP contribution in [0.3, 0.4) is 0 Å². The third kappa shape index (κ3) is 12.0. The van der Waals surface area contributed by atoms with E-state index in [1.807, 2.05) is 6.92 Å². The largest absolute Gasteiger partial charge is 0.444 e. The van der Waals surface area contributed by atoms with Gasteiger partial charge in [0, 0.05) is 41.3 Å². The van der Waals surface area contributed by atoms with Crippen LogP contribution in [0.1, 0.15) is 98.4 Å². The zero-order valence-corrected chi connectivity index (χ0v) is 28.3. The van der Waals surface area contributed by atoms with E-state index in [0.717, 1.165) is 10.8 Å². The van der Waals surface area contributed by atoms with E-state index < -0.39 is 46.4 Å². The van der Waals surface area contributed by atoms with Crippen LogP contribution in [0.2, 0.25) is 0 Å². The first-order valence-electron chi connectivity index (χ1n) is 15.9. The molecule has 2 aromatic carbocycles. The number of benzene rings is 2. The minimum Gasteiger partial charge on any atom is -0.444 e. The van der Waals surface area contributed by atoms with Crippen molar-refractivity contribution in [2.75, 3.05) is 13.1 Å². The number of aromatic amines is 1. The van der Waals surface area contributed by atoms with Crippen LogP contribution in [0.4, 0.5) is 26.7 Å². The molecule has 0 saturated carbocycles. The molecule has 0 spiro atoms. The van der Waals surface area contributed by atoms with Gasteiger partial charge in [-0.25, -0.2) is 26.7 Å². The molecule has 0 aliphatic carbocycles. The van der Waals surface area contributed by atoms with E-state index in [4.69, 9.17) is 4.74 Å². The van der Waals surface area contributed by atoms with Crippen LogP contribution in [0.5, 0.6) is 0 Å². The molecule has 0 unspecified atom stereocenters. The fourth-order valence-electron chi connectivity index (χ4n) is 4.63. The van der Waals surface area contributed by atoms with E-state index in [2.05, 4.69) is 50.0 Å². The van der Waals surface area contributed by atoms with Gasteiger partial charge >= 0.3 is 6.09 Å². The summed E-state index contributed by atoms with van der Waals surface area (Å²) < 4.78 is 71.8. The Hall–Kier alpha value is -3.10. The molecule has 3 aromatic rings. The summed E-state index contributed by atoms with van der Waals surface area (Å²) in [6.07, 6.45) is 4.84. The zero-order valence-electron chi connectivity index (χ0n) is 28.3. The number of hydrogen-bond acceptors (Lipinski definition) is 2. The number of unbranched alkanes of at least 4 members (excludes halogenated alkanes) is 1. The van der Waals surface area contributed by atoms with Gasteiger partial charge in [0.1, 0.15) is 22.9 Å². The Labute approximate surface area is 265 Å². The van der Waals surface area contributed by atoms with Crippen molar-refractivity contribution in [3.05, 3.63) is 70.9 Å². The van der Waals surface area contributed by atoms with Gasteiger partial charge in [0.15, 0.2) is 0 Å². The first-order valence-corrected chi connectivity index (χ1v) is 15.9. The van der Waals surface area contributed by atoms with E-state index in [0.29, 0.717) is 24.6 Å². The third-order valence-electron chi connectivity index (χ3n) is 7.43. The number of likely N-dealkylation sites (tertiary alicyclic amines) is 1. The standard InChI is InChI=1S/C16H23N.C15H17F4NO2.C5H11F/c1-4-5-9-16-14(11-12(2)3)13-8-6-7-10-15(13)17-16;1-14(2,3)22-13(21)20-7-10(8-20)15(18,19)9-4-11(16)6-12(17)5-9;1-4-5(2,3)6/h6-8,10,12,17H,4-5,9,11H2,1-3H3;4-6,10H,7-8H2,1-3H3;4H2,1-3H3. The van der Waals surface area contributed by atoms with Gasteiger partial charge < -0.3 is 14.6 Å². The predicted octanol–water partition coefficient (Wildman–Crippen LogP) is 10.8. The van der Waals surface area contributed by atoms with Crippen molar-refractivity contribution >= 4 is 17.0 Å². The van der Waals surface area contributed by atoms with Gasteiger partial charge in [0.05, 0.1) is 5.92 Å². The number of aromatic nitrogens is 1. The van der Waals surface area contributed by atoms with Gasteiger partial charge in [-0.05, 0) is 90.0 Å². The molecule has 2 heterocycles. The minimum absolute atomic E-state index is 0.222. The van der Waals surface area contributed by atoms with Crippen LogP contribution in [-0.2, 0) is 23.5 Å². The number of rotatable bonds is 8. The summed E-state index contributed by atoms with van der Waals surface area (Å²) in [4.78, 5) is 16.4. The molecule has 1 N–H and O–H groups in total. The highest BCUT2D eigenvalue weighted by Crippen LogP contribution is 2.41. The maximum atomic E-state index is 14.2. The lowest BCUT2D eigenvalue weighted by atomic mass is 9.88. The second kappa shape index (κ2) is 15.9. The highest BCUT2D eigenvalue weighted by atomic mass is 19.3. The molecule has 1 saturated heterocycles. The number of alkyl halides is 3. The number of carbonyl (C=O) groups excluding carboxylic acids is 1. The SMILES string of the molecule is CC(C)(C)OC(=O)N1CC(C(F)(F)c2cc(F)cc(F)c2)C1.CCC(C)(C)F.CCCCc1[nH]c2ccccc2c1CC(C)C. The second-order valence-corrected chi connectivity index (χ2v) is 13.8. The Balaban J connectivity index is 0.000000272. The number of para-hydroxylation sites is 1. The maximum absolute atomic E-state index is 14.2. The molecule has 0 bridgehead atoms. The van der Waals surface area contributed by atoms with Gasteiger partial charge in [0.2, 0.25) is 0 Å². The summed E-state index contributed by atoms with van der Waals surface area (Å²) >= 11 is 0. The first-order chi connectivity index (χ1) is 20.8. The molecular weight excluding hydrogens is 587 g/mol. The summed E-state index contributed by atoms with van der Waals surface area (Å²) in [5, 5.41) is 1.42. The summed E-state index contributed by atoms with van der Waals surface area (Å²) in [6, 6.07) is 10.4. The predicted molar refractivity (Wildman–Crippen MR) is 172 cm³/mol. The van der Waals surface area contributed by atoms with Crippen LogP contribution in [0, 0.1) is 23.5 Å². The summed E-state index contributed by atoms with van der Waals surface area (Å²) in [5.41, 5.74) is 1.91. The highest BCUT2D eigenvalue weighted by molar-refractivity contribution is 5.84. The number of nitrogens with one attached hydrogen (secondary N) is 1. The van der Waals surface area contributed by atoms with Gasteiger partial charge in [-0.3, -0.25) is 0 Å². The molecule has 9 heteroatoms. The topological polar surface area (TPSA) is 45.3 Å². The molecule has 1 aliphatic heterocycles. The number of nitrogens with zero attached hydrogens (tertiary/aromatic N) is 1. The van der Waals surface area contributed by atoms with Crippen molar-refractivity contribution in [3.63, 3.8) is 0 Å². The van der Waals surface area contributed by atoms with Crippen LogP contribution in [-0.4, -0.2) is 40.3 Å². The normalized spacial score (nSPS) is 14.0. The number of ether oxygens (including phenoxy) is 1. The number of hydrogen-bond donors (Lipinski definition) is 1. The second-order valence-electron chi connectivity index (χ2n) is 13.8.